The van der Waals surface area contributed by atoms with Gasteiger partial charge in [0.2, 0.25) is 5.88 Å². The molecule has 0 radical (unpaired) electrons. The molecule has 1 amide bonds. The summed E-state index contributed by atoms with van der Waals surface area (Å²) in [6.45, 7) is 2.30. The largest absolute Gasteiger partial charge is 0.497 e. The van der Waals surface area contributed by atoms with Crippen molar-refractivity contribution in [2.24, 2.45) is 0 Å². The van der Waals surface area contributed by atoms with E-state index in [1.807, 2.05) is 37.3 Å². The molecule has 140 valence electrons. The molecule has 0 bridgehead atoms. The van der Waals surface area contributed by atoms with E-state index >= 15 is 0 Å². The maximum absolute atomic E-state index is 12.1. The van der Waals surface area contributed by atoms with E-state index in [2.05, 4.69) is 19.9 Å². The molecule has 0 spiro atoms. The zero-order chi connectivity index (χ0) is 19.1. The van der Waals surface area contributed by atoms with Crippen molar-refractivity contribution in [3.63, 3.8) is 0 Å². The Bertz CT molecular complexity index is 852. The lowest BCUT2D eigenvalue weighted by molar-refractivity contribution is 0.0919. The summed E-state index contributed by atoms with van der Waals surface area (Å²) in [7, 11) is 1.63. The van der Waals surface area contributed by atoms with Gasteiger partial charge in [0.25, 0.3) is 5.91 Å². The van der Waals surface area contributed by atoms with E-state index in [-0.39, 0.29) is 11.9 Å². The Morgan fingerprint density at radius 1 is 1.19 bits per heavy atom. The Balaban J connectivity index is 1.56. The zero-order valence-electron chi connectivity index (χ0n) is 15.1. The summed E-state index contributed by atoms with van der Waals surface area (Å²) < 4.78 is 14.8. The molecule has 2 heterocycles. The van der Waals surface area contributed by atoms with E-state index in [0.29, 0.717) is 18.1 Å². The van der Waals surface area contributed by atoms with Gasteiger partial charge in [0.1, 0.15) is 12.4 Å². The molecule has 0 aliphatic heterocycles. The van der Waals surface area contributed by atoms with Gasteiger partial charge in [-0.1, -0.05) is 6.92 Å². The molecular weight excluding hydrogens is 364 g/mol. The molecule has 0 saturated carbocycles. The van der Waals surface area contributed by atoms with Crippen LogP contribution in [0.5, 0.6) is 11.6 Å². The molecule has 8 heteroatoms. The number of aromatic nitrogens is 3. The fourth-order valence-electron chi connectivity index (χ4n) is 2.35. The summed E-state index contributed by atoms with van der Waals surface area (Å²) in [5.74, 6) is 1.05. The summed E-state index contributed by atoms with van der Waals surface area (Å²) in [6, 6.07) is 11.1. The van der Waals surface area contributed by atoms with Gasteiger partial charge < -0.3 is 14.8 Å². The second-order valence-electron chi connectivity index (χ2n) is 5.79. The SMILES string of the molecule is CC[C@H](COc1ccc(-c2ccc(OC)cc2)nn1)NC(=O)c1cnsc1. The van der Waals surface area contributed by atoms with Gasteiger partial charge in [-0.15, -0.1) is 10.2 Å². The number of methoxy groups -OCH3 is 1. The van der Waals surface area contributed by atoms with E-state index in [1.54, 1.807) is 24.8 Å². The van der Waals surface area contributed by atoms with Crippen LogP contribution in [-0.2, 0) is 0 Å². The van der Waals surface area contributed by atoms with E-state index in [9.17, 15) is 4.79 Å². The molecule has 0 aliphatic rings. The number of hydrogen-bond donors (Lipinski definition) is 1. The highest BCUT2D eigenvalue weighted by Crippen LogP contribution is 2.21. The Hall–Kier alpha value is -3.00. The minimum atomic E-state index is -0.153. The van der Waals surface area contributed by atoms with Gasteiger partial charge >= 0.3 is 0 Å². The predicted octanol–water partition coefficient (Wildman–Crippen LogP) is 3.20. The van der Waals surface area contributed by atoms with Crippen LogP contribution < -0.4 is 14.8 Å². The number of hydrogen-bond acceptors (Lipinski definition) is 7. The van der Waals surface area contributed by atoms with Crippen LogP contribution in [0.4, 0.5) is 0 Å². The van der Waals surface area contributed by atoms with Crippen molar-refractivity contribution in [2.75, 3.05) is 13.7 Å². The van der Waals surface area contributed by atoms with Gasteiger partial charge in [-0.2, -0.15) is 0 Å². The van der Waals surface area contributed by atoms with Crippen molar-refractivity contribution in [1.82, 2.24) is 19.9 Å². The van der Waals surface area contributed by atoms with Crippen molar-refractivity contribution in [3.05, 3.63) is 53.5 Å². The van der Waals surface area contributed by atoms with E-state index in [1.165, 1.54) is 11.5 Å². The molecule has 1 N–H and O–H groups in total. The highest BCUT2D eigenvalue weighted by Gasteiger charge is 2.14. The highest BCUT2D eigenvalue weighted by atomic mass is 32.1. The minimum absolute atomic E-state index is 0.125. The normalized spacial score (nSPS) is 11.6. The molecule has 27 heavy (non-hydrogen) atoms. The van der Waals surface area contributed by atoms with Crippen molar-refractivity contribution >= 4 is 17.4 Å². The first-order chi connectivity index (χ1) is 13.2. The Labute approximate surface area is 161 Å². The average Bonchev–Trinajstić information content (AvgIpc) is 3.26. The van der Waals surface area contributed by atoms with Crippen molar-refractivity contribution in [2.45, 2.75) is 19.4 Å². The highest BCUT2D eigenvalue weighted by molar-refractivity contribution is 7.03. The van der Waals surface area contributed by atoms with Crippen LogP contribution in [0.2, 0.25) is 0 Å². The molecule has 0 fully saturated rings. The lowest BCUT2D eigenvalue weighted by atomic mass is 10.1. The molecule has 3 rings (SSSR count). The smallest absolute Gasteiger partial charge is 0.254 e. The molecule has 0 aliphatic carbocycles. The Kier molecular flexibility index (Phi) is 6.32. The van der Waals surface area contributed by atoms with Gasteiger partial charge in [-0.25, -0.2) is 4.37 Å². The van der Waals surface area contributed by atoms with Gasteiger partial charge in [0.05, 0.1) is 30.6 Å². The standard InChI is InChI=1S/C19H20N4O3S/c1-3-15(21-19(24)14-10-20-27-12-14)11-26-18-9-8-17(22-23-18)13-4-6-16(25-2)7-5-13/h4-10,12,15H,3,11H2,1-2H3,(H,21,24)/t15-/m1/s1. The second-order valence-corrected chi connectivity index (χ2v) is 6.45. The van der Waals surface area contributed by atoms with E-state index in [4.69, 9.17) is 9.47 Å². The van der Waals surface area contributed by atoms with Crippen LogP contribution in [0.1, 0.15) is 23.7 Å². The van der Waals surface area contributed by atoms with Crippen LogP contribution in [0, 0.1) is 0 Å². The van der Waals surface area contributed by atoms with E-state index < -0.39 is 0 Å². The topological polar surface area (TPSA) is 86.2 Å². The first-order valence-corrected chi connectivity index (χ1v) is 9.34. The summed E-state index contributed by atoms with van der Waals surface area (Å²) in [6.07, 6.45) is 2.29. The molecular formula is C19H20N4O3S. The lowest BCUT2D eigenvalue weighted by Crippen LogP contribution is -2.38. The third-order valence-electron chi connectivity index (χ3n) is 3.98. The fraction of sp³-hybridized carbons (Fsp3) is 0.263. The number of carbonyl (C=O) groups is 1. The quantitative estimate of drug-likeness (QED) is 0.642. The van der Waals surface area contributed by atoms with Crippen molar-refractivity contribution < 1.29 is 14.3 Å². The molecule has 2 aromatic heterocycles. The number of rotatable bonds is 8. The fourth-order valence-corrected chi connectivity index (χ4v) is 2.86. The molecule has 7 nitrogen and oxygen atoms in total. The maximum atomic E-state index is 12.1. The molecule has 0 saturated heterocycles. The number of nitrogens with one attached hydrogen (secondary N) is 1. The molecule has 3 aromatic rings. The summed E-state index contributed by atoms with van der Waals surface area (Å²) in [5, 5.41) is 13.0. The molecule has 1 aromatic carbocycles. The maximum Gasteiger partial charge on any atom is 0.254 e. The molecule has 1 atom stereocenters. The van der Waals surface area contributed by atoms with Crippen LogP contribution in [0.25, 0.3) is 11.3 Å². The van der Waals surface area contributed by atoms with Crippen LogP contribution >= 0.6 is 11.5 Å². The van der Waals surface area contributed by atoms with Gasteiger partial charge in [0.15, 0.2) is 0 Å². The number of carbonyl (C=O) groups excluding carboxylic acids is 1. The lowest BCUT2D eigenvalue weighted by Gasteiger charge is -2.16. The van der Waals surface area contributed by atoms with Crippen LogP contribution in [-0.4, -0.2) is 40.2 Å². The van der Waals surface area contributed by atoms with Gasteiger partial charge in [-0.05, 0) is 48.3 Å². The second kappa shape index (κ2) is 9.09. The average molecular weight is 384 g/mol. The van der Waals surface area contributed by atoms with Crippen molar-refractivity contribution in [3.8, 4) is 22.9 Å². The minimum Gasteiger partial charge on any atom is -0.497 e. The first kappa shape index (κ1) is 18.8. The van der Waals surface area contributed by atoms with Crippen molar-refractivity contribution in [1.29, 1.82) is 0 Å². The Morgan fingerprint density at radius 2 is 2.00 bits per heavy atom. The zero-order valence-corrected chi connectivity index (χ0v) is 15.9. The number of amides is 1. The van der Waals surface area contributed by atoms with Crippen LogP contribution in [0.3, 0.4) is 0 Å². The Morgan fingerprint density at radius 3 is 2.59 bits per heavy atom. The van der Waals surface area contributed by atoms with Gasteiger partial charge in [0, 0.05) is 17.0 Å². The predicted molar refractivity (Wildman–Crippen MR) is 103 cm³/mol. The number of benzene rings is 1. The first-order valence-electron chi connectivity index (χ1n) is 8.50. The van der Waals surface area contributed by atoms with Crippen LogP contribution in [0.15, 0.2) is 48.0 Å². The third-order valence-corrected chi connectivity index (χ3v) is 4.57. The number of nitrogens with zero attached hydrogens (tertiary/aromatic N) is 3. The van der Waals surface area contributed by atoms with Gasteiger partial charge in [-0.3, -0.25) is 4.79 Å². The monoisotopic (exact) mass is 384 g/mol. The number of ether oxygens (including phenoxy) is 2. The summed E-state index contributed by atoms with van der Waals surface area (Å²) >= 11 is 1.25. The summed E-state index contributed by atoms with van der Waals surface area (Å²) in [5.41, 5.74) is 2.25. The summed E-state index contributed by atoms with van der Waals surface area (Å²) in [4.78, 5) is 12.1. The molecule has 0 unspecified atom stereocenters. The van der Waals surface area contributed by atoms with E-state index in [0.717, 1.165) is 23.4 Å². The third kappa shape index (κ3) is 5.01.